The normalized spacial score (nSPS) is 11.0. The van der Waals surface area contributed by atoms with Gasteiger partial charge in [-0.2, -0.15) is 0 Å². The first-order valence-corrected chi connectivity index (χ1v) is 2.40. The van der Waals surface area contributed by atoms with Gasteiger partial charge >= 0.3 is 0 Å². The number of allylic oxidation sites excluding steroid dienone is 1. The molecule has 0 aliphatic rings. The Hall–Kier alpha value is -0.790. The van der Waals surface area contributed by atoms with Gasteiger partial charge < -0.3 is 4.74 Å². The molecule has 0 atom stereocenters. The highest BCUT2D eigenvalue weighted by Crippen LogP contribution is 1.96. The average Bonchev–Trinajstić information content (AvgIpc) is 1.83. The second-order valence-electron chi connectivity index (χ2n) is 1.15. The van der Waals surface area contributed by atoms with E-state index in [-0.39, 0.29) is 5.76 Å². The first kappa shape index (κ1) is 7.21. The molecule has 0 fully saturated rings. The van der Waals surface area contributed by atoms with Crippen LogP contribution in [0.3, 0.4) is 0 Å². The third-order valence-corrected chi connectivity index (χ3v) is 0.620. The second kappa shape index (κ2) is 4.37. The van der Waals surface area contributed by atoms with Gasteiger partial charge in [-0.3, -0.25) is 0 Å². The van der Waals surface area contributed by atoms with Crippen molar-refractivity contribution < 1.29 is 9.13 Å². The third-order valence-electron chi connectivity index (χ3n) is 0.620. The summed E-state index contributed by atoms with van der Waals surface area (Å²) in [5.74, 6) is 0.188. The second-order valence-corrected chi connectivity index (χ2v) is 1.15. The molecule has 0 amide bonds. The van der Waals surface area contributed by atoms with Crippen LogP contribution >= 0.6 is 0 Å². The van der Waals surface area contributed by atoms with Crippen molar-refractivity contribution in [1.29, 1.82) is 0 Å². The van der Waals surface area contributed by atoms with Crippen LogP contribution in [0, 0.1) is 0 Å². The summed E-state index contributed by atoms with van der Waals surface area (Å²) in [6, 6.07) is 0. The molecule has 0 unspecified atom stereocenters. The van der Waals surface area contributed by atoms with Crippen LogP contribution in [0.1, 0.15) is 6.92 Å². The van der Waals surface area contributed by atoms with E-state index in [2.05, 4.69) is 6.58 Å². The fourth-order valence-corrected chi connectivity index (χ4v) is 0.302. The molecule has 0 aliphatic carbocycles. The van der Waals surface area contributed by atoms with Crippen molar-refractivity contribution in [2.45, 2.75) is 6.92 Å². The van der Waals surface area contributed by atoms with Gasteiger partial charge in [0.1, 0.15) is 12.1 Å². The summed E-state index contributed by atoms with van der Waals surface area (Å²) in [6.45, 7) is 5.58. The van der Waals surface area contributed by atoms with Crippen molar-refractivity contribution >= 4 is 0 Å². The van der Waals surface area contributed by atoms with Crippen molar-refractivity contribution in [1.82, 2.24) is 0 Å². The molecule has 0 saturated heterocycles. The fraction of sp³-hybridized carbons (Fsp3) is 0.333. The van der Waals surface area contributed by atoms with E-state index in [1.807, 2.05) is 0 Å². The zero-order valence-corrected chi connectivity index (χ0v) is 4.86. The molecular formula is C6H9FO. The van der Waals surface area contributed by atoms with Gasteiger partial charge in [-0.15, -0.1) is 0 Å². The largest absolute Gasteiger partial charge is 0.491 e. The van der Waals surface area contributed by atoms with Crippen LogP contribution < -0.4 is 0 Å². The SMILES string of the molecule is C=C/C(=C/F)OCC. The molecule has 0 aliphatic heterocycles. The van der Waals surface area contributed by atoms with Crippen LogP contribution in [0.2, 0.25) is 0 Å². The Morgan fingerprint density at radius 1 is 1.88 bits per heavy atom. The van der Waals surface area contributed by atoms with Gasteiger partial charge in [0, 0.05) is 0 Å². The summed E-state index contributed by atoms with van der Waals surface area (Å²) in [7, 11) is 0. The van der Waals surface area contributed by atoms with Crippen LogP contribution in [-0.2, 0) is 4.74 Å². The highest BCUT2D eigenvalue weighted by Gasteiger charge is 1.84. The Balaban J connectivity index is 3.54. The van der Waals surface area contributed by atoms with Crippen LogP contribution in [0.5, 0.6) is 0 Å². The Kier molecular flexibility index (Phi) is 3.94. The van der Waals surface area contributed by atoms with Gasteiger partial charge in [0.05, 0.1) is 6.61 Å². The van der Waals surface area contributed by atoms with Gasteiger partial charge in [-0.25, -0.2) is 4.39 Å². The predicted octanol–water partition coefficient (Wildman–Crippen LogP) is 2.02. The number of halogens is 1. The number of ether oxygens (including phenoxy) is 1. The average molecular weight is 116 g/mol. The zero-order chi connectivity index (χ0) is 6.41. The summed E-state index contributed by atoms with van der Waals surface area (Å²) in [4.78, 5) is 0. The minimum atomic E-state index is 0.188. The molecule has 0 rings (SSSR count). The van der Waals surface area contributed by atoms with E-state index in [1.54, 1.807) is 6.92 Å². The number of rotatable bonds is 3. The molecular weight excluding hydrogens is 107 g/mol. The van der Waals surface area contributed by atoms with Gasteiger partial charge in [0.25, 0.3) is 0 Å². The molecule has 0 radical (unpaired) electrons. The molecule has 0 aromatic rings. The quantitative estimate of drug-likeness (QED) is 0.405. The zero-order valence-electron chi connectivity index (χ0n) is 4.86. The van der Waals surface area contributed by atoms with Crippen LogP contribution in [-0.4, -0.2) is 6.61 Å². The first-order valence-electron chi connectivity index (χ1n) is 2.40. The molecule has 2 heteroatoms. The summed E-state index contributed by atoms with van der Waals surface area (Å²) >= 11 is 0. The lowest BCUT2D eigenvalue weighted by molar-refractivity contribution is 0.237. The van der Waals surface area contributed by atoms with Crippen molar-refractivity contribution in [3.05, 3.63) is 24.7 Å². The Morgan fingerprint density at radius 3 is 2.62 bits per heavy atom. The van der Waals surface area contributed by atoms with Crippen molar-refractivity contribution in [3.8, 4) is 0 Å². The van der Waals surface area contributed by atoms with Crippen molar-refractivity contribution in [2.24, 2.45) is 0 Å². The molecule has 0 saturated carbocycles. The van der Waals surface area contributed by atoms with Crippen LogP contribution in [0.4, 0.5) is 4.39 Å². The number of hydrogen-bond donors (Lipinski definition) is 0. The standard InChI is InChI=1S/C6H9FO/c1-3-6(5-7)8-4-2/h3,5H,1,4H2,2H3/b6-5-. The summed E-state index contributed by atoms with van der Waals surface area (Å²) < 4.78 is 16.2. The Labute approximate surface area is 48.5 Å². The Bertz CT molecular complexity index is 96.7. The molecule has 8 heavy (non-hydrogen) atoms. The van der Waals surface area contributed by atoms with Crippen LogP contribution in [0.15, 0.2) is 24.7 Å². The highest BCUT2D eigenvalue weighted by molar-refractivity contribution is 5.04. The van der Waals surface area contributed by atoms with Gasteiger partial charge in [-0.05, 0) is 13.0 Å². The van der Waals surface area contributed by atoms with E-state index in [4.69, 9.17) is 4.74 Å². The van der Waals surface area contributed by atoms with Crippen LogP contribution in [0.25, 0.3) is 0 Å². The van der Waals surface area contributed by atoms with Gasteiger partial charge in [0.15, 0.2) is 0 Å². The molecule has 46 valence electrons. The monoisotopic (exact) mass is 116 g/mol. The third kappa shape index (κ3) is 2.39. The number of hydrogen-bond acceptors (Lipinski definition) is 1. The van der Waals surface area contributed by atoms with E-state index in [1.165, 1.54) is 6.08 Å². The van der Waals surface area contributed by atoms with E-state index in [9.17, 15) is 4.39 Å². The predicted molar refractivity (Wildman–Crippen MR) is 31.0 cm³/mol. The minimum Gasteiger partial charge on any atom is -0.491 e. The minimum absolute atomic E-state index is 0.188. The summed E-state index contributed by atoms with van der Waals surface area (Å²) in [5, 5.41) is 0. The highest BCUT2D eigenvalue weighted by atomic mass is 19.1. The maximum atomic E-state index is 11.5. The summed E-state index contributed by atoms with van der Waals surface area (Å²) in [6.07, 6.45) is 1.71. The molecule has 0 aromatic heterocycles. The van der Waals surface area contributed by atoms with Crippen molar-refractivity contribution in [2.75, 3.05) is 6.61 Å². The first-order chi connectivity index (χ1) is 3.85. The van der Waals surface area contributed by atoms with E-state index < -0.39 is 0 Å². The van der Waals surface area contributed by atoms with Gasteiger partial charge in [0.2, 0.25) is 0 Å². The molecule has 0 bridgehead atoms. The molecule has 0 spiro atoms. The molecule has 1 nitrogen and oxygen atoms in total. The topological polar surface area (TPSA) is 9.23 Å². The lowest BCUT2D eigenvalue weighted by Crippen LogP contribution is -1.85. The van der Waals surface area contributed by atoms with E-state index >= 15 is 0 Å². The molecule has 0 heterocycles. The molecule has 0 aromatic carbocycles. The van der Waals surface area contributed by atoms with Crippen molar-refractivity contribution in [3.63, 3.8) is 0 Å². The molecule has 0 N–H and O–H groups in total. The summed E-state index contributed by atoms with van der Waals surface area (Å²) in [5.41, 5.74) is 0. The Morgan fingerprint density at radius 2 is 2.50 bits per heavy atom. The fourth-order valence-electron chi connectivity index (χ4n) is 0.302. The lowest BCUT2D eigenvalue weighted by atomic mass is 10.5. The maximum absolute atomic E-state index is 11.5. The van der Waals surface area contributed by atoms with E-state index in [0.717, 1.165) is 0 Å². The maximum Gasteiger partial charge on any atom is 0.146 e. The lowest BCUT2D eigenvalue weighted by Gasteiger charge is -1.97. The smallest absolute Gasteiger partial charge is 0.146 e. The van der Waals surface area contributed by atoms with E-state index in [0.29, 0.717) is 12.9 Å². The van der Waals surface area contributed by atoms with Gasteiger partial charge in [-0.1, -0.05) is 6.58 Å².